The van der Waals surface area contributed by atoms with Crippen molar-refractivity contribution in [3.63, 3.8) is 0 Å². The third kappa shape index (κ3) is 2.92. The lowest BCUT2D eigenvalue weighted by Gasteiger charge is -2.47. The molecule has 152 valence electrons. The van der Waals surface area contributed by atoms with Crippen molar-refractivity contribution >= 4 is 11.9 Å². The highest BCUT2D eigenvalue weighted by Gasteiger charge is 2.52. The number of amidine groups is 1. The average molecular weight is 386 g/mol. The van der Waals surface area contributed by atoms with E-state index in [2.05, 4.69) is 29.3 Å². The van der Waals surface area contributed by atoms with Gasteiger partial charge in [0.2, 0.25) is 0 Å². The molecule has 0 aromatic heterocycles. The second-order valence-electron chi connectivity index (χ2n) is 8.03. The number of benzene rings is 1. The zero-order chi connectivity index (χ0) is 19.9. The van der Waals surface area contributed by atoms with Crippen LogP contribution >= 0.6 is 0 Å². The zero-order valence-electron chi connectivity index (χ0n) is 17.0. The molecule has 3 heterocycles. The molecule has 7 heteroatoms. The lowest BCUT2D eigenvalue weighted by Crippen LogP contribution is -2.56. The fourth-order valence-electron chi connectivity index (χ4n) is 4.90. The number of nitrogens with one attached hydrogen (secondary N) is 2. The summed E-state index contributed by atoms with van der Waals surface area (Å²) >= 11 is 0. The smallest absolute Gasteiger partial charge is 0.323 e. The molecule has 2 fully saturated rings. The number of carbonyl (C=O) groups is 1. The summed E-state index contributed by atoms with van der Waals surface area (Å²) in [5.41, 5.74) is 1.94. The monoisotopic (exact) mass is 386 g/mol. The molecule has 3 aliphatic heterocycles. The molecular weight excluding hydrogens is 356 g/mol. The van der Waals surface area contributed by atoms with Gasteiger partial charge in [0.15, 0.2) is 11.5 Å². The second kappa shape index (κ2) is 7.28. The summed E-state index contributed by atoms with van der Waals surface area (Å²) in [4.78, 5) is 16.7. The number of ether oxygens (including phenoxy) is 2. The maximum Gasteiger partial charge on any atom is 0.323 e. The number of nitrogens with zero attached hydrogens (tertiary/aromatic N) is 2. The van der Waals surface area contributed by atoms with Crippen LogP contribution in [-0.4, -0.2) is 61.1 Å². The first-order chi connectivity index (χ1) is 13.5. The first kappa shape index (κ1) is 19.1. The van der Waals surface area contributed by atoms with Gasteiger partial charge in [-0.2, -0.15) is 0 Å². The molecule has 0 saturated carbocycles. The minimum absolute atomic E-state index is 0.116. The largest absolute Gasteiger partial charge is 0.493 e. The van der Waals surface area contributed by atoms with E-state index in [9.17, 15) is 4.79 Å². The molecule has 0 unspecified atom stereocenters. The highest BCUT2D eigenvalue weighted by Crippen LogP contribution is 2.45. The fourth-order valence-corrected chi connectivity index (χ4v) is 4.90. The van der Waals surface area contributed by atoms with Crippen LogP contribution in [0.5, 0.6) is 11.5 Å². The Morgan fingerprint density at radius 1 is 1.25 bits per heavy atom. The molecule has 0 radical (unpaired) electrons. The van der Waals surface area contributed by atoms with Crippen molar-refractivity contribution in [3.8, 4) is 11.5 Å². The van der Waals surface area contributed by atoms with Gasteiger partial charge >= 0.3 is 6.03 Å². The molecular formula is C21H30N4O3. The van der Waals surface area contributed by atoms with E-state index in [1.54, 1.807) is 19.1 Å². The van der Waals surface area contributed by atoms with Crippen molar-refractivity contribution in [2.24, 2.45) is 0 Å². The lowest BCUT2D eigenvalue weighted by atomic mass is 9.77. The van der Waals surface area contributed by atoms with E-state index < -0.39 is 5.54 Å². The molecule has 0 aliphatic carbocycles. The Hall–Kier alpha value is -2.28. The minimum atomic E-state index is -0.562. The third-order valence-corrected chi connectivity index (χ3v) is 6.53. The van der Waals surface area contributed by atoms with Crippen molar-refractivity contribution in [2.75, 3.05) is 33.9 Å². The molecule has 28 heavy (non-hydrogen) atoms. The maximum atomic E-state index is 12.6. The van der Waals surface area contributed by atoms with Crippen LogP contribution in [0.4, 0.5) is 4.79 Å². The topological polar surface area (TPSA) is 77.9 Å². The number of carbonyl (C=O) groups excluding carboxylic acids is 1. The molecule has 7 nitrogen and oxygen atoms in total. The Labute approximate surface area is 166 Å². The van der Waals surface area contributed by atoms with Gasteiger partial charge in [0.1, 0.15) is 11.4 Å². The normalized spacial score (nSPS) is 26.8. The van der Waals surface area contributed by atoms with E-state index in [1.807, 2.05) is 0 Å². The molecule has 2 atom stereocenters. The van der Waals surface area contributed by atoms with E-state index in [4.69, 9.17) is 14.9 Å². The number of unbranched alkanes of at least 4 members (excludes halogenated alkanes) is 1. The molecule has 1 spiro atoms. The van der Waals surface area contributed by atoms with E-state index >= 15 is 0 Å². The summed E-state index contributed by atoms with van der Waals surface area (Å²) < 4.78 is 11.0. The summed E-state index contributed by atoms with van der Waals surface area (Å²) in [7, 11) is 3.32. The number of piperidine rings is 1. The van der Waals surface area contributed by atoms with Gasteiger partial charge in [-0.1, -0.05) is 13.3 Å². The Kier molecular flexibility index (Phi) is 4.95. The predicted molar refractivity (Wildman–Crippen MR) is 107 cm³/mol. The average Bonchev–Trinajstić information content (AvgIpc) is 2.94. The number of amides is 2. The first-order valence-electron chi connectivity index (χ1n) is 10.2. The highest BCUT2D eigenvalue weighted by atomic mass is 16.5. The molecule has 1 aromatic carbocycles. The van der Waals surface area contributed by atoms with E-state index in [0.29, 0.717) is 12.4 Å². The minimum Gasteiger partial charge on any atom is -0.493 e. The quantitative estimate of drug-likeness (QED) is 0.816. The number of hydrogen-bond acceptors (Lipinski definition) is 5. The molecule has 1 aromatic rings. The van der Waals surface area contributed by atoms with E-state index in [-0.39, 0.29) is 12.1 Å². The van der Waals surface area contributed by atoms with Crippen LogP contribution in [-0.2, 0) is 6.42 Å². The first-order valence-corrected chi connectivity index (χ1v) is 10.2. The predicted octanol–water partition coefficient (Wildman–Crippen LogP) is 2.94. The standard InChI is InChI=1S/C21H30N4O3/c1-4-5-8-25-19(22)21(23-20(25)26)7-10-24-9-6-14-11-17(27-2)18(28-3)12-15(14)16(24)13-21/h11-12,16,22H,4-10,13H2,1-3H3,(H,23,26)/t16-,21+/m0/s1. The SMILES string of the molecule is CCCCN1C(=N)[C@]2(CCN3CCc4cc(OC)c(OC)cc4[C@@H]3C2)NC1=O. The number of rotatable bonds is 5. The molecule has 2 amide bonds. The van der Waals surface area contributed by atoms with Gasteiger partial charge in [0, 0.05) is 25.7 Å². The van der Waals surface area contributed by atoms with Crippen LogP contribution in [0, 0.1) is 5.41 Å². The van der Waals surface area contributed by atoms with Crippen LogP contribution in [0.25, 0.3) is 0 Å². The number of hydrogen-bond donors (Lipinski definition) is 2. The Bertz CT molecular complexity index is 796. The van der Waals surface area contributed by atoms with E-state index in [1.165, 1.54) is 11.1 Å². The van der Waals surface area contributed by atoms with Crippen LogP contribution in [0.15, 0.2) is 12.1 Å². The number of methoxy groups -OCH3 is 2. The van der Waals surface area contributed by atoms with Gasteiger partial charge in [-0.15, -0.1) is 0 Å². The third-order valence-electron chi connectivity index (χ3n) is 6.53. The van der Waals surface area contributed by atoms with Crippen LogP contribution in [0.1, 0.15) is 49.8 Å². The van der Waals surface area contributed by atoms with Gasteiger partial charge in [-0.05, 0) is 48.9 Å². The van der Waals surface area contributed by atoms with Crippen molar-refractivity contribution in [3.05, 3.63) is 23.3 Å². The van der Waals surface area contributed by atoms with E-state index in [0.717, 1.165) is 56.7 Å². The van der Waals surface area contributed by atoms with Crippen LogP contribution in [0.3, 0.4) is 0 Å². The van der Waals surface area contributed by atoms with Crippen LogP contribution in [0.2, 0.25) is 0 Å². The highest BCUT2D eigenvalue weighted by molar-refractivity contribution is 6.08. The second-order valence-corrected chi connectivity index (χ2v) is 8.03. The van der Waals surface area contributed by atoms with Gasteiger partial charge in [0.25, 0.3) is 0 Å². The number of urea groups is 1. The summed E-state index contributed by atoms with van der Waals surface area (Å²) in [6.07, 6.45) is 4.42. The summed E-state index contributed by atoms with van der Waals surface area (Å²) in [6, 6.07) is 4.22. The fraction of sp³-hybridized carbons (Fsp3) is 0.619. The molecule has 2 N–H and O–H groups in total. The molecule has 2 saturated heterocycles. The summed E-state index contributed by atoms with van der Waals surface area (Å²) in [5.74, 6) is 1.93. The van der Waals surface area contributed by atoms with Gasteiger partial charge < -0.3 is 14.8 Å². The lowest BCUT2D eigenvalue weighted by molar-refractivity contribution is 0.102. The molecule has 4 rings (SSSR count). The van der Waals surface area contributed by atoms with Crippen molar-refractivity contribution in [1.29, 1.82) is 5.41 Å². The Morgan fingerprint density at radius 3 is 2.71 bits per heavy atom. The molecule has 0 bridgehead atoms. The number of fused-ring (bicyclic) bond motifs is 3. The van der Waals surface area contributed by atoms with Gasteiger partial charge in [-0.3, -0.25) is 15.2 Å². The van der Waals surface area contributed by atoms with Gasteiger partial charge in [-0.25, -0.2) is 4.79 Å². The van der Waals surface area contributed by atoms with Crippen LogP contribution < -0.4 is 14.8 Å². The Balaban J connectivity index is 1.65. The molecule has 3 aliphatic rings. The van der Waals surface area contributed by atoms with Crippen molar-refractivity contribution in [2.45, 2.75) is 50.6 Å². The van der Waals surface area contributed by atoms with Crippen molar-refractivity contribution in [1.82, 2.24) is 15.1 Å². The zero-order valence-corrected chi connectivity index (χ0v) is 17.0. The summed E-state index contributed by atoms with van der Waals surface area (Å²) in [6.45, 7) is 4.60. The van der Waals surface area contributed by atoms with Crippen molar-refractivity contribution < 1.29 is 14.3 Å². The van der Waals surface area contributed by atoms with Gasteiger partial charge in [0.05, 0.1) is 14.2 Å². The summed E-state index contributed by atoms with van der Waals surface area (Å²) in [5, 5.41) is 11.9. The Morgan fingerprint density at radius 2 is 2.00 bits per heavy atom. The maximum absolute atomic E-state index is 12.6.